The number of hydrogen-bond donors (Lipinski definition) is 2. The molecule has 0 amide bonds. The molecule has 0 bridgehead atoms. The van der Waals surface area contributed by atoms with Gasteiger partial charge in [0.2, 0.25) is 0 Å². The summed E-state index contributed by atoms with van der Waals surface area (Å²) >= 11 is 0.945. The minimum absolute atomic E-state index is 0.00708. The van der Waals surface area contributed by atoms with Crippen molar-refractivity contribution >= 4 is 33.0 Å². The van der Waals surface area contributed by atoms with Crippen LogP contribution in [0.25, 0.3) is 11.1 Å². The third kappa shape index (κ3) is 7.27. The second kappa shape index (κ2) is 10.3. The molecule has 15 heteroatoms. The Morgan fingerprint density at radius 1 is 0.944 bits per heavy atom. The van der Waals surface area contributed by atoms with Gasteiger partial charge in [-0.2, -0.15) is 26.3 Å². The van der Waals surface area contributed by atoms with E-state index in [9.17, 15) is 44.7 Å². The van der Waals surface area contributed by atoms with Crippen LogP contribution in [-0.2, 0) is 10.0 Å². The smallest absolute Gasteiger partial charge is 0.422 e. The maximum atomic E-state index is 13.0. The molecule has 0 atom stereocenters. The SMILES string of the molecule is O=C(O)c1sccc1-c1cccc(NS(=O)(=O)c2cc(OCC(F)(F)F)ccc2OCC(F)(F)F)c1. The molecular weight excluding hydrogens is 540 g/mol. The van der Waals surface area contributed by atoms with Crippen LogP contribution in [0.5, 0.6) is 11.5 Å². The van der Waals surface area contributed by atoms with E-state index in [1.807, 2.05) is 0 Å². The summed E-state index contributed by atoms with van der Waals surface area (Å²) in [7, 11) is -4.72. The fourth-order valence-corrected chi connectivity index (χ4v) is 4.86. The number of anilines is 1. The molecule has 2 N–H and O–H groups in total. The highest BCUT2D eigenvalue weighted by Gasteiger charge is 2.31. The number of halogens is 6. The lowest BCUT2D eigenvalue weighted by atomic mass is 10.1. The van der Waals surface area contributed by atoms with Crippen molar-refractivity contribution in [3.63, 3.8) is 0 Å². The van der Waals surface area contributed by atoms with Crippen molar-refractivity contribution in [3.05, 3.63) is 58.8 Å². The molecule has 0 saturated heterocycles. The minimum Gasteiger partial charge on any atom is -0.484 e. The molecule has 0 fully saturated rings. The highest BCUT2D eigenvalue weighted by Crippen LogP contribution is 2.34. The molecule has 36 heavy (non-hydrogen) atoms. The summed E-state index contributed by atoms with van der Waals surface area (Å²) in [5.41, 5.74) is 0.522. The third-order valence-corrected chi connectivity index (χ3v) is 6.59. The largest absolute Gasteiger partial charge is 0.484 e. The van der Waals surface area contributed by atoms with Crippen molar-refractivity contribution in [2.45, 2.75) is 17.2 Å². The molecule has 0 spiro atoms. The van der Waals surface area contributed by atoms with Crippen LogP contribution < -0.4 is 14.2 Å². The lowest BCUT2D eigenvalue weighted by Gasteiger charge is -2.17. The highest BCUT2D eigenvalue weighted by molar-refractivity contribution is 7.92. The van der Waals surface area contributed by atoms with Gasteiger partial charge in [-0.25, -0.2) is 13.2 Å². The van der Waals surface area contributed by atoms with Gasteiger partial charge in [-0.3, -0.25) is 4.72 Å². The van der Waals surface area contributed by atoms with Crippen molar-refractivity contribution in [2.75, 3.05) is 17.9 Å². The van der Waals surface area contributed by atoms with Crippen LogP contribution in [0.2, 0.25) is 0 Å². The first-order valence-corrected chi connectivity index (χ1v) is 12.0. The molecule has 194 valence electrons. The van der Waals surface area contributed by atoms with Gasteiger partial charge in [-0.05, 0) is 41.3 Å². The average molecular weight is 555 g/mol. The van der Waals surface area contributed by atoms with Gasteiger partial charge >= 0.3 is 18.3 Å². The number of carboxylic acid groups (broad SMARTS) is 1. The number of carboxylic acids is 1. The van der Waals surface area contributed by atoms with E-state index in [-0.39, 0.29) is 10.6 Å². The Morgan fingerprint density at radius 3 is 2.25 bits per heavy atom. The fraction of sp³-hybridized carbons (Fsp3) is 0.190. The van der Waals surface area contributed by atoms with Crippen molar-refractivity contribution in [1.29, 1.82) is 0 Å². The maximum absolute atomic E-state index is 13.0. The number of thiophene rings is 1. The van der Waals surface area contributed by atoms with Gasteiger partial charge in [0.25, 0.3) is 10.0 Å². The summed E-state index contributed by atoms with van der Waals surface area (Å²) in [6, 6.07) is 9.17. The van der Waals surface area contributed by atoms with Crippen LogP contribution in [0.1, 0.15) is 9.67 Å². The molecule has 2 aromatic carbocycles. The molecule has 3 rings (SSSR count). The Balaban J connectivity index is 1.96. The van der Waals surface area contributed by atoms with Gasteiger partial charge in [-0.15, -0.1) is 11.3 Å². The van der Waals surface area contributed by atoms with Crippen LogP contribution in [0.4, 0.5) is 32.0 Å². The maximum Gasteiger partial charge on any atom is 0.422 e. The van der Waals surface area contributed by atoms with E-state index in [0.717, 1.165) is 23.5 Å². The normalized spacial score (nSPS) is 12.3. The van der Waals surface area contributed by atoms with Crippen molar-refractivity contribution in [1.82, 2.24) is 0 Å². The predicted octanol–water partition coefficient (Wildman–Crippen LogP) is 5.80. The van der Waals surface area contributed by atoms with Gasteiger partial charge in [0.15, 0.2) is 13.2 Å². The lowest BCUT2D eigenvalue weighted by Crippen LogP contribution is -2.22. The van der Waals surface area contributed by atoms with Gasteiger partial charge in [0.05, 0.1) is 0 Å². The monoisotopic (exact) mass is 555 g/mol. The summed E-state index contributed by atoms with van der Waals surface area (Å²) in [5.74, 6) is -2.56. The molecule has 0 aliphatic rings. The van der Waals surface area contributed by atoms with E-state index in [1.54, 1.807) is 0 Å². The number of hydrogen-bond acceptors (Lipinski definition) is 6. The minimum atomic E-state index is -4.82. The molecule has 0 aliphatic carbocycles. The van der Waals surface area contributed by atoms with Crippen molar-refractivity contribution in [2.24, 2.45) is 0 Å². The molecule has 0 aliphatic heterocycles. The topological polar surface area (TPSA) is 102 Å². The summed E-state index contributed by atoms with van der Waals surface area (Å²) in [4.78, 5) is 10.5. The zero-order chi connectivity index (χ0) is 26.7. The number of benzene rings is 2. The third-order valence-electron chi connectivity index (χ3n) is 4.28. The lowest BCUT2D eigenvalue weighted by molar-refractivity contribution is -0.154. The predicted molar refractivity (Wildman–Crippen MR) is 117 cm³/mol. The van der Waals surface area contributed by atoms with E-state index in [1.165, 1.54) is 35.7 Å². The van der Waals surface area contributed by atoms with Crippen molar-refractivity contribution < 1.29 is 54.1 Å². The van der Waals surface area contributed by atoms with Gasteiger partial charge in [-0.1, -0.05) is 12.1 Å². The molecule has 3 aromatic rings. The summed E-state index contributed by atoms with van der Waals surface area (Å²) in [6.45, 7) is -3.62. The van der Waals surface area contributed by atoms with E-state index in [2.05, 4.69) is 14.2 Å². The van der Waals surface area contributed by atoms with Crippen molar-refractivity contribution in [3.8, 4) is 22.6 Å². The molecular formula is C21H15F6NO6S2. The van der Waals surface area contributed by atoms with E-state index in [0.29, 0.717) is 17.2 Å². The van der Waals surface area contributed by atoms with E-state index >= 15 is 0 Å². The van der Waals surface area contributed by atoms with E-state index < -0.39 is 58.0 Å². The summed E-state index contributed by atoms with van der Waals surface area (Å²) in [6.07, 6.45) is -9.57. The van der Waals surface area contributed by atoms with Gasteiger partial charge in [0, 0.05) is 17.3 Å². The molecule has 0 unspecified atom stereocenters. The number of ether oxygens (including phenoxy) is 2. The Morgan fingerprint density at radius 2 is 1.61 bits per heavy atom. The number of alkyl halides is 6. The zero-order valence-corrected chi connectivity index (χ0v) is 19.3. The quantitative estimate of drug-likeness (QED) is 0.324. The second-order valence-electron chi connectivity index (χ2n) is 7.07. The second-order valence-corrected chi connectivity index (χ2v) is 9.64. The first-order chi connectivity index (χ1) is 16.6. The summed E-state index contributed by atoms with van der Waals surface area (Å²) < 4.78 is 113. The average Bonchev–Trinajstić information content (AvgIpc) is 3.26. The molecule has 0 radical (unpaired) electrons. The molecule has 1 heterocycles. The Bertz CT molecular complexity index is 1350. The molecule has 7 nitrogen and oxygen atoms in total. The fourth-order valence-electron chi connectivity index (χ4n) is 2.89. The van der Waals surface area contributed by atoms with Gasteiger partial charge < -0.3 is 14.6 Å². The standard InChI is InChI=1S/C21H15F6NO6S2/c22-20(23,24)10-33-14-4-5-16(34-11-21(25,26)27)17(9-14)36(31,32)28-13-3-1-2-12(8-13)15-6-7-35-18(15)19(29)30/h1-9,28H,10-11H2,(H,29,30). The van der Waals surface area contributed by atoms with E-state index in [4.69, 9.17) is 0 Å². The number of rotatable bonds is 9. The zero-order valence-electron chi connectivity index (χ0n) is 17.7. The highest BCUT2D eigenvalue weighted by atomic mass is 32.2. The van der Waals surface area contributed by atoms with Gasteiger partial charge in [0.1, 0.15) is 21.3 Å². The van der Waals surface area contributed by atoms with Crippen LogP contribution in [-0.4, -0.2) is 45.1 Å². The number of nitrogens with one attached hydrogen (secondary N) is 1. The van der Waals surface area contributed by atoms with Crippen LogP contribution in [0.15, 0.2) is 58.8 Å². The number of aromatic carboxylic acids is 1. The first kappa shape index (κ1) is 27.1. The Kier molecular flexibility index (Phi) is 7.73. The Hall–Kier alpha value is -3.46. The van der Waals surface area contributed by atoms with Crippen LogP contribution in [0, 0.1) is 0 Å². The first-order valence-electron chi connectivity index (χ1n) is 9.62. The van der Waals surface area contributed by atoms with Crippen LogP contribution in [0.3, 0.4) is 0 Å². The molecule has 1 aromatic heterocycles. The summed E-state index contributed by atoms with van der Waals surface area (Å²) in [5, 5.41) is 10.8. The van der Waals surface area contributed by atoms with Crippen LogP contribution >= 0.6 is 11.3 Å². The Labute approximate surface area is 203 Å². The number of sulfonamides is 1. The molecule has 0 saturated carbocycles. The number of carbonyl (C=O) groups is 1.